The summed E-state index contributed by atoms with van der Waals surface area (Å²) < 4.78 is 30.8. The van der Waals surface area contributed by atoms with E-state index in [4.69, 9.17) is 4.74 Å². The Morgan fingerprint density at radius 1 is 1.14 bits per heavy atom. The van der Waals surface area contributed by atoms with Gasteiger partial charge in [0.2, 0.25) is 0 Å². The van der Waals surface area contributed by atoms with Crippen molar-refractivity contribution in [3.63, 3.8) is 0 Å². The van der Waals surface area contributed by atoms with Gasteiger partial charge in [0.25, 0.3) is 6.43 Å². The van der Waals surface area contributed by atoms with Gasteiger partial charge in [0.15, 0.2) is 6.29 Å². The zero-order chi connectivity index (χ0) is 15.5. The monoisotopic (exact) mass is 302 g/mol. The molecule has 0 heterocycles. The highest BCUT2D eigenvalue weighted by Crippen LogP contribution is 2.31. The second kappa shape index (κ2) is 6.26. The largest absolute Gasteiger partial charge is 0.493 e. The molecule has 2 aromatic carbocycles. The molecule has 0 saturated heterocycles. The summed E-state index contributed by atoms with van der Waals surface area (Å²) in [5.41, 5.74) is 1.92. The van der Waals surface area contributed by atoms with E-state index >= 15 is 0 Å². The van der Waals surface area contributed by atoms with E-state index in [1.165, 1.54) is 25.0 Å². The number of hydrogen-bond acceptors (Lipinski definition) is 2. The summed E-state index contributed by atoms with van der Waals surface area (Å²) in [7, 11) is 0. The van der Waals surface area contributed by atoms with Gasteiger partial charge in [0.1, 0.15) is 5.75 Å². The Morgan fingerprint density at radius 2 is 1.86 bits per heavy atom. The van der Waals surface area contributed by atoms with Gasteiger partial charge in [-0.2, -0.15) is 0 Å². The molecule has 2 aromatic rings. The Balaban J connectivity index is 1.83. The molecule has 0 N–H and O–H groups in total. The number of hydrogen-bond donors (Lipinski definition) is 0. The summed E-state index contributed by atoms with van der Waals surface area (Å²) >= 11 is 0. The van der Waals surface area contributed by atoms with E-state index < -0.39 is 6.43 Å². The molecule has 22 heavy (non-hydrogen) atoms. The lowest BCUT2D eigenvalue weighted by Crippen LogP contribution is -2.00. The van der Waals surface area contributed by atoms with E-state index in [0.29, 0.717) is 23.8 Å². The molecule has 0 bridgehead atoms. The molecule has 0 atom stereocenters. The van der Waals surface area contributed by atoms with Gasteiger partial charge in [-0.3, -0.25) is 4.79 Å². The molecule has 1 saturated carbocycles. The number of rotatable bonds is 6. The average molecular weight is 302 g/mol. The van der Waals surface area contributed by atoms with Crippen molar-refractivity contribution < 1.29 is 18.3 Å². The summed E-state index contributed by atoms with van der Waals surface area (Å²) in [6, 6.07) is 11.3. The molecule has 0 spiro atoms. The topological polar surface area (TPSA) is 26.3 Å². The minimum absolute atomic E-state index is 0.0270. The van der Waals surface area contributed by atoms with Crippen molar-refractivity contribution in [2.75, 3.05) is 6.61 Å². The van der Waals surface area contributed by atoms with Crippen LogP contribution >= 0.6 is 0 Å². The van der Waals surface area contributed by atoms with Gasteiger partial charge in [-0.15, -0.1) is 0 Å². The molecule has 1 aliphatic rings. The van der Waals surface area contributed by atoms with Crippen LogP contribution in [0.15, 0.2) is 42.5 Å². The van der Waals surface area contributed by atoms with Crippen molar-refractivity contribution >= 4 is 6.29 Å². The van der Waals surface area contributed by atoms with Crippen LogP contribution in [0.2, 0.25) is 0 Å². The number of benzene rings is 2. The van der Waals surface area contributed by atoms with Crippen LogP contribution in [0.3, 0.4) is 0 Å². The van der Waals surface area contributed by atoms with Gasteiger partial charge in [0.05, 0.1) is 6.61 Å². The molecule has 0 aliphatic heterocycles. The van der Waals surface area contributed by atoms with Crippen molar-refractivity contribution in [3.8, 4) is 16.9 Å². The molecule has 1 fully saturated rings. The number of ether oxygens (including phenoxy) is 1. The van der Waals surface area contributed by atoms with Crippen molar-refractivity contribution in [2.45, 2.75) is 19.3 Å². The zero-order valence-corrected chi connectivity index (χ0v) is 12.0. The Labute approximate surface area is 127 Å². The second-order valence-corrected chi connectivity index (χ2v) is 5.54. The van der Waals surface area contributed by atoms with Gasteiger partial charge in [-0.05, 0) is 48.1 Å². The molecule has 4 heteroatoms. The van der Waals surface area contributed by atoms with E-state index in [1.807, 2.05) is 6.07 Å². The van der Waals surface area contributed by atoms with Crippen molar-refractivity contribution in [2.24, 2.45) is 5.92 Å². The highest BCUT2D eigenvalue weighted by atomic mass is 19.3. The van der Waals surface area contributed by atoms with Gasteiger partial charge >= 0.3 is 0 Å². The lowest BCUT2D eigenvalue weighted by molar-refractivity contribution is 0.112. The van der Waals surface area contributed by atoms with Crippen molar-refractivity contribution in [1.29, 1.82) is 0 Å². The number of carbonyl (C=O) groups is 1. The van der Waals surface area contributed by atoms with Crippen LogP contribution in [0.25, 0.3) is 11.1 Å². The Bertz CT molecular complexity index is 661. The number of alkyl halides is 2. The third-order valence-corrected chi connectivity index (χ3v) is 3.81. The fourth-order valence-electron chi connectivity index (χ4n) is 2.30. The highest BCUT2D eigenvalue weighted by molar-refractivity contribution is 5.88. The van der Waals surface area contributed by atoms with Gasteiger partial charge in [0, 0.05) is 11.1 Å². The highest BCUT2D eigenvalue weighted by Gasteiger charge is 2.22. The molecule has 0 aromatic heterocycles. The fourth-order valence-corrected chi connectivity index (χ4v) is 2.30. The first-order valence-electron chi connectivity index (χ1n) is 7.28. The quantitative estimate of drug-likeness (QED) is 0.710. The van der Waals surface area contributed by atoms with Crippen molar-refractivity contribution in [3.05, 3.63) is 53.6 Å². The third kappa shape index (κ3) is 3.32. The Morgan fingerprint density at radius 3 is 2.45 bits per heavy atom. The van der Waals surface area contributed by atoms with E-state index in [9.17, 15) is 13.6 Å². The maximum atomic E-state index is 12.6. The van der Waals surface area contributed by atoms with E-state index in [2.05, 4.69) is 0 Å². The average Bonchev–Trinajstić information content (AvgIpc) is 3.37. The minimum atomic E-state index is -2.49. The molecule has 2 nitrogen and oxygen atoms in total. The molecule has 3 rings (SSSR count). The molecule has 114 valence electrons. The predicted molar refractivity (Wildman–Crippen MR) is 80.4 cm³/mol. The normalized spacial score (nSPS) is 14.1. The first-order valence-corrected chi connectivity index (χ1v) is 7.28. The fraction of sp³-hybridized carbons (Fsp3) is 0.278. The molecular formula is C18H16F2O2. The van der Waals surface area contributed by atoms with Gasteiger partial charge in [-0.1, -0.05) is 24.3 Å². The van der Waals surface area contributed by atoms with E-state index in [-0.39, 0.29) is 5.56 Å². The van der Waals surface area contributed by atoms with Crippen LogP contribution in [-0.4, -0.2) is 12.9 Å². The van der Waals surface area contributed by atoms with Gasteiger partial charge in [-0.25, -0.2) is 8.78 Å². The standard InChI is InChI=1S/C18H16F2O2/c19-18(20)14-5-3-13(4-6-14)17-8-7-16(9-15(17)10-21)22-11-12-1-2-12/h3-10,12,18H,1-2,11H2. The maximum Gasteiger partial charge on any atom is 0.263 e. The van der Waals surface area contributed by atoms with Crippen molar-refractivity contribution in [1.82, 2.24) is 0 Å². The molecule has 1 aliphatic carbocycles. The van der Waals surface area contributed by atoms with Gasteiger partial charge < -0.3 is 4.74 Å². The SMILES string of the molecule is O=Cc1cc(OCC2CC2)ccc1-c1ccc(C(F)F)cc1. The van der Waals surface area contributed by atoms with Crippen LogP contribution in [0, 0.1) is 5.92 Å². The molecule has 0 radical (unpaired) electrons. The minimum Gasteiger partial charge on any atom is -0.493 e. The predicted octanol–water partition coefficient (Wildman–Crippen LogP) is 4.89. The summed E-state index contributed by atoms with van der Waals surface area (Å²) in [5, 5.41) is 0. The Hall–Kier alpha value is -2.23. The van der Waals surface area contributed by atoms with E-state index in [1.54, 1.807) is 24.3 Å². The smallest absolute Gasteiger partial charge is 0.263 e. The maximum absolute atomic E-state index is 12.6. The van der Waals surface area contributed by atoms with Crippen LogP contribution in [0.1, 0.15) is 35.2 Å². The molecule has 0 amide bonds. The van der Waals surface area contributed by atoms with Crippen LogP contribution in [-0.2, 0) is 0 Å². The van der Waals surface area contributed by atoms with Crippen LogP contribution in [0.5, 0.6) is 5.75 Å². The third-order valence-electron chi connectivity index (χ3n) is 3.81. The van der Waals surface area contributed by atoms with E-state index in [0.717, 1.165) is 17.4 Å². The first-order chi connectivity index (χ1) is 10.7. The first kappa shape index (κ1) is 14.7. The summed E-state index contributed by atoms with van der Waals surface area (Å²) in [4.78, 5) is 11.3. The molecule has 0 unspecified atom stereocenters. The number of carbonyl (C=O) groups excluding carboxylic acids is 1. The lowest BCUT2D eigenvalue weighted by Gasteiger charge is -2.10. The number of aldehydes is 1. The van der Waals surface area contributed by atoms with Crippen LogP contribution < -0.4 is 4.74 Å². The zero-order valence-electron chi connectivity index (χ0n) is 12.0. The Kier molecular flexibility index (Phi) is 4.18. The summed E-state index contributed by atoms with van der Waals surface area (Å²) in [6.45, 7) is 0.681. The lowest BCUT2D eigenvalue weighted by atomic mass is 9.99. The summed E-state index contributed by atoms with van der Waals surface area (Å²) in [5.74, 6) is 1.31. The molecular weight excluding hydrogens is 286 g/mol. The number of halogens is 2. The second-order valence-electron chi connectivity index (χ2n) is 5.54. The summed E-state index contributed by atoms with van der Waals surface area (Å²) in [6.07, 6.45) is 0.683. The van der Waals surface area contributed by atoms with Crippen LogP contribution in [0.4, 0.5) is 8.78 Å².